The van der Waals surface area contributed by atoms with Crippen molar-refractivity contribution in [3.8, 4) is 0 Å². The number of hydrogen-bond acceptors (Lipinski definition) is 4. The van der Waals surface area contributed by atoms with Crippen LogP contribution < -0.4 is 5.32 Å². The van der Waals surface area contributed by atoms with Crippen LogP contribution in [0.3, 0.4) is 0 Å². The van der Waals surface area contributed by atoms with Gasteiger partial charge in [-0.25, -0.2) is 0 Å². The van der Waals surface area contributed by atoms with E-state index in [2.05, 4.69) is 17.1 Å². The molecule has 2 rings (SSSR count). The van der Waals surface area contributed by atoms with Crippen molar-refractivity contribution >= 4 is 5.69 Å². The van der Waals surface area contributed by atoms with Crippen LogP contribution in [0.25, 0.3) is 0 Å². The van der Waals surface area contributed by atoms with E-state index in [1.54, 1.807) is 6.07 Å². The van der Waals surface area contributed by atoms with Gasteiger partial charge < -0.3 is 5.32 Å². The van der Waals surface area contributed by atoms with E-state index in [9.17, 15) is 14.5 Å². The SMILES string of the molecule is CCN(Cc1ccc([N+](=O)[O-])c(F)c1)CC1CCNCC1. The first-order chi connectivity index (χ1) is 10.1. The second kappa shape index (κ2) is 7.47. The molecule has 1 aliphatic heterocycles. The van der Waals surface area contributed by atoms with Crippen molar-refractivity contribution in [3.63, 3.8) is 0 Å². The summed E-state index contributed by atoms with van der Waals surface area (Å²) in [5.41, 5.74) is 0.328. The van der Waals surface area contributed by atoms with Gasteiger partial charge in [0.25, 0.3) is 0 Å². The monoisotopic (exact) mass is 295 g/mol. The van der Waals surface area contributed by atoms with Gasteiger partial charge in [-0.1, -0.05) is 13.0 Å². The quantitative estimate of drug-likeness (QED) is 0.647. The fourth-order valence-electron chi connectivity index (χ4n) is 2.79. The van der Waals surface area contributed by atoms with Crippen molar-refractivity contribution in [3.05, 3.63) is 39.7 Å². The summed E-state index contributed by atoms with van der Waals surface area (Å²) < 4.78 is 13.6. The van der Waals surface area contributed by atoms with Crippen LogP contribution in [0.4, 0.5) is 10.1 Å². The van der Waals surface area contributed by atoms with Crippen molar-refractivity contribution in [2.24, 2.45) is 5.92 Å². The molecule has 0 aliphatic carbocycles. The number of nitrogens with zero attached hydrogens (tertiary/aromatic N) is 2. The molecule has 0 atom stereocenters. The molecule has 1 aliphatic rings. The highest BCUT2D eigenvalue weighted by molar-refractivity contribution is 5.34. The first-order valence-corrected chi connectivity index (χ1v) is 7.46. The predicted molar refractivity (Wildman–Crippen MR) is 79.6 cm³/mol. The van der Waals surface area contributed by atoms with Crippen LogP contribution in [0.15, 0.2) is 18.2 Å². The normalized spacial score (nSPS) is 16.3. The van der Waals surface area contributed by atoms with Gasteiger partial charge in [0, 0.05) is 19.2 Å². The molecule has 1 saturated heterocycles. The maximum absolute atomic E-state index is 13.6. The molecule has 0 unspecified atom stereocenters. The topological polar surface area (TPSA) is 58.4 Å². The fraction of sp³-hybridized carbons (Fsp3) is 0.600. The van der Waals surface area contributed by atoms with E-state index in [0.29, 0.717) is 12.5 Å². The van der Waals surface area contributed by atoms with Gasteiger partial charge in [-0.05, 0) is 50.0 Å². The maximum Gasteiger partial charge on any atom is 0.304 e. The molecule has 0 aromatic heterocycles. The summed E-state index contributed by atoms with van der Waals surface area (Å²) in [6.45, 7) is 6.74. The Hall–Kier alpha value is -1.53. The van der Waals surface area contributed by atoms with Crippen molar-refractivity contribution in [1.82, 2.24) is 10.2 Å². The summed E-state index contributed by atoms with van der Waals surface area (Å²) in [6, 6.07) is 4.18. The van der Waals surface area contributed by atoms with Crippen LogP contribution in [0.2, 0.25) is 0 Å². The Morgan fingerprint density at radius 1 is 1.43 bits per heavy atom. The molecular weight excluding hydrogens is 273 g/mol. The van der Waals surface area contributed by atoms with E-state index in [1.807, 2.05) is 0 Å². The molecule has 0 amide bonds. The van der Waals surface area contributed by atoms with Crippen LogP contribution in [-0.2, 0) is 6.54 Å². The largest absolute Gasteiger partial charge is 0.317 e. The summed E-state index contributed by atoms with van der Waals surface area (Å²) in [5, 5.41) is 14.0. The molecule has 1 fully saturated rings. The molecule has 5 nitrogen and oxygen atoms in total. The zero-order chi connectivity index (χ0) is 15.2. The first kappa shape index (κ1) is 15.9. The summed E-state index contributed by atoms with van der Waals surface area (Å²) in [4.78, 5) is 12.2. The summed E-state index contributed by atoms with van der Waals surface area (Å²) in [6.07, 6.45) is 2.34. The third-order valence-corrected chi connectivity index (χ3v) is 4.04. The lowest BCUT2D eigenvalue weighted by atomic mass is 9.97. The lowest BCUT2D eigenvalue weighted by molar-refractivity contribution is -0.387. The first-order valence-electron chi connectivity index (χ1n) is 7.46. The standard InChI is InChI=1S/C15H22FN3O2/c1-2-18(10-12-5-7-17-8-6-12)11-13-3-4-15(19(20)21)14(16)9-13/h3-4,9,12,17H,2,5-8,10-11H2,1H3. The summed E-state index contributed by atoms with van der Waals surface area (Å²) in [5.74, 6) is -0.0792. The Labute approximate surface area is 124 Å². The maximum atomic E-state index is 13.6. The molecule has 6 heteroatoms. The van der Waals surface area contributed by atoms with Crippen molar-refractivity contribution in [1.29, 1.82) is 0 Å². The number of benzene rings is 1. The third kappa shape index (κ3) is 4.47. The van der Waals surface area contributed by atoms with E-state index in [4.69, 9.17) is 0 Å². The van der Waals surface area contributed by atoms with E-state index in [-0.39, 0.29) is 0 Å². The van der Waals surface area contributed by atoms with E-state index in [0.717, 1.165) is 31.7 Å². The van der Waals surface area contributed by atoms with Crippen LogP contribution in [0.1, 0.15) is 25.3 Å². The van der Waals surface area contributed by atoms with E-state index < -0.39 is 16.4 Å². The molecule has 1 aromatic carbocycles. The molecule has 116 valence electrons. The Morgan fingerprint density at radius 2 is 2.14 bits per heavy atom. The van der Waals surface area contributed by atoms with Gasteiger partial charge in [0.2, 0.25) is 5.82 Å². The average molecular weight is 295 g/mol. The number of hydrogen-bond donors (Lipinski definition) is 1. The minimum Gasteiger partial charge on any atom is -0.317 e. The van der Waals surface area contributed by atoms with Gasteiger partial charge in [-0.15, -0.1) is 0 Å². The molecule has 1 N–H and O–H groups in total. The number of halogens is 1. The highest BCUT2D eigenvalue weighted by atomic mass is 19.1. The molecule has 21 heavy (non-hydrogen) atoms. The molecule has 0 radical (unpaired) electrons. The van der Waals surface area contributed by atoms with Gasteiger partial charge in [0.05, 0.1) is 4.92 Å². The highest BCUT2D eigenvalue weighted by Crippen LogP contribution is 2.20. The van der Waals surface area contributed by atoms with Crippen molar-refractivity contribution in [2.45, 2.75) is 26.3 Å². The lowest BCUT2D eigenvalue weighted by Crippen LogP contribution is -2.35. The fourth-order valence-corrected chi connectivity index (χ4v) is 2.79. The van der Waals surface area contributed by atoms with Gasteiger partial charge in [-0.2, -0.15) is 4.39 Å². The number of nitro benzene ring substituents is 1. The van der Waals surface area contributed by atoms with Gasteiger partial charge in [0.1, 0.15) is 0 Å². The zero-order valence-electron chi connectivity index (χ0n) is 12.3. The highest BCUT2D eigenvalue weighted by Gasteiger charge is 2.18. The van der Waals surface area contributed by atoms with Gasteiger partial charge >= 0.3 is 5.69 Å². The molecule has 0 bridgehead atoms. The molecular formula is C15H22FN3O2. The van der Waals surface area contributed by atoms with Crippen molar-refractivity contribution < 1.29 is 9.31 Å². The summed E-state index contributed by atoms with van der Waals surface area (Å²) >= 11 is 0. The number of piperidine rings is 1. The third-order valence-electron chi connectivity index (χ3n) is 4.04. The van der Waals surface area contributed by atoms with Crippen LogP contribution in [0.5, 0.6) is 0 Å². The molecule has 1 heterocycles. The Bertz CT molecular complexity index is 490. The van der Waals surface area contributed by atoms with E-state index in [1.165, 1.54) is 25.0 Å². The second-order valence-electron chi connectivity index (χ2n) is 5.56. The van der Waals surface area contributed by atoms with Crippen LogP contribution in [-0.4, -0.2) is 36.0 Å². The van der Waals surface area contributed by atoms with Crippen LogP contribution in [0, 0.1) is 21.8 Å². The molecule has 0 saturated carbocycles. The molecule has 1 aromatic rings. The Morgan fingerprint density at radius 3 is 2.71 bits per heavy atom. The van der Waals surface area contributed by atoms with Gasteiger partial charge in [0.15, 0.2) is 0 Å². The van der Waals surface area contributed by atoms with Gasteiger partial charge in [-0.3, -0.25) is 15.0 Å². The number of nitro groups is 1. The smallest absolute Gasteiger partial charge is 0.304 e. The Kier molecular flexibility index (Phi) is 5.64. The van der Waals surface area contributed by atoms with Crippen LogP contribution >= 0.6 is 0 Å². The minimum atomic E-state index is -0.754. The van der Waals surface area contributed by atoms with E-state index >= 15 is 0 Å². The zero-order valence-corrected chi connectivity index (χ0v) is 12.3. The second-order valence-corrected chi connectivity index (χ2v) is 5.56. The average Bonchev–Trinajstić information content (AvgIpc) is 2.47. The number of rotatable bonds is 6. The minimum absolute atomic E-state index is 0.458. The van der Waals surface area contributed by atoms with Crippen molar-refractivity contribution in [2.75, 3.05) is 26.2 Å². The lowest BCUT2D eigenvalue weighted by Gasteiger charge is -2.29. The Balaban J connectivity index is 1.97. The number of nitrogens with one attached hydrogen (secondary N) is 1. The molecule has 0 spiro atoms. The summed E-state index contributed by atoms with van der Waals surface area (Å²) in [7, 11) is 0. The predicted octanol–water partition coefficient (Wildman–Crippen LogP) is 2.56.